The Bertz CT molecular complexity index is 842. The normalized spacial score (nSPS) is 18.2. The van der Waals surface area contributed by atoms with Gasteiger partial charge in [0, 0.05) is 18.7 Å². The number of aromatic nitrogens is 1. The maximum absolute atomic E-state index is 10.8. The summed E-state index contributed by atoms with van der Waals surface area (Å²) in [4.78, 5) is 17.7. The van der Waals surface area contributed by atoms with Gasteiger partial charge in [0.25, 0.3) is 5.69 Å². The molecule has 1 aliphatic heterocycles. The Morgan fingerprint density at radius 1 is 1.21 bits per heavy atom. The van der Waals surface area contributed by atoms with Crippen LogP contribution < -0.4 is 0 Å². The van der Waals surface area contributed by atoms with E-state index >= 15 is 0 Å². The van der Waals surface area contributed by atoms with Gasteiger partial charge in [0.05, 0.1) is 21.2 Å². The zero-order valence-electron chi connectivity index (χ0n) is 13.1. The van der Waals surface area contributed by atoms with E-state index in [0.29, 0.717) is 6.04 Å². The van der Waals surface area contributed by atoms with E-state index in [4.69, 9.17) is 4.98 Å². The van der Waals surface area contributed by atoms with Crippen LogP contribution in [0.2, 0.25) is 0 Å². The van der Waals surface area contributed by atoms with E-state index in [-0.39, 0.29) is 10.6 Å². The van der Waals surface area contributed by atoms with Gasteiger partial charge in [-0.05, 0) is 37.1 Å². The van der Waals surface area contributed by atoms with Crippen LogP contribution in [0.5, 0.6) is 0 Å². The number of non-ortho nitro benzene ring substituents is 1. The Balaban J connectivity index is 1.55. The van der Waals surface area contributed by atoms with Gasteiger partial charge in [0.2, 0.25) is 0 Å². The summed E-state index contributed by atoms with van der Waals surface area (Å²) in [5, 5.41) is 11.9. The first kappa shape index (κ1) is 15.2. The SMILES string of the molecule is O=[N+]([O-])c1ccc(CN2CCC[C@@H]2c2nc3ccccc3s2)cc1. The maximum Gasteiger partial charge on any atom is 0.269 e. The van der Waals surface area contributed by atoms with E-state index < -0.39 is 0 Å². The molecule has 3 aromatic rings. The van der Waals surface area contributed by atoms with E-state index in [1.54, 1.807) is 23.5 Å². The summed E-state index contributed by atoms with van der Waals surface area (Å²) < 4.78 is 1.23. The molecule has 5 nitrogen and oxygen atoms in total. The molecule has 0 spiro atoms. The van der Waals surface area contributed by atoms with Gasteiger partial charge in [0.15, 0.2) is 0 Å². The van der Waals surface area contributed by atoms with Crippen LogP contribution >= 0.6 is 11.3 Å². The zero-order valence-corrected chi connectivity index (χ0v) is 13.9. The molecule has 24 heavy (non-hydrogen) atoms. The third-order valence-electron chi connectivity index (χ3n) is 4.49. The zero-order chi connectivity index (χ0) is 16.5. The van der Waals surface area contributed by atoms with Crippen molar-refractivity contribution in [3.63, 3.8) is 0 Å². The van der Waals surface area contributed by atoms with Crippen LogP contribution in [0.4, 0.5) is 5.69 Å². The van der Waals surface area contributed by atoms with Crippen LogP contribution in [-0.2, 0) is 6.54 Å². The number of nitro groups is 1. The summed E-state index contributed by atoms with van der Waals surface area (Å²) >= 11 is 1.77. The molecule has 0 N–H and O–H groups in total. The molecule has 0 saturated carbocycles. The highest BCUT2D eigenvalue weighted by molar-refractivity contribution is 7.18. The number of hydrogen-bond acceptors (Lipinski definition) is 5. The van der Waals surface area contributed by atoms with Crippen LogP contribution in [-0.4, -0.2) is 21.4 Å². The molecular weight excluding hydrogens is 322 g/mol. The second kappa shape index (κ2) is 6.30. The molecule has 1 aromatic heterocycles. The molecule has 0 unspecified atom stereocenters. The molecule has 0 radical (unpaired) electrons. The van der Waals surface area contributed by atoms with Crippen molar-refractivity contribution in [1.82, 2.24) is 9.88 Å². The largest absolute Gasteiger partial charge is 0.290 e. The molecule has 1 saturated heterocycles. The number of para-hydroxylation sites is 1. The lowest BCUT2D eigenvalue weighted by atomic mass is 10.1. The minimum Gasteiger partial charge on any atom is -0.290 e. The monoisotopic (exact) mass is 339 g/mol. The molecule has 1 fully saturated rings. The number of hydrogen-bond donors (Lipinski definition) is 0. The average Bonchev–Trinajstić information content (AvgIpc) is 3.21. The van der Waals surface area contributed by atoms with Crippen molar-refractivity contribution in [3.8, 4) is 0 Å². The van der Waals surface area contributed by atoms with Gasteiger partial charge in [0.1, 0.15) is 5.01 Å². The lowest BCUT2D eigenvalue weighted by Crippen LogP contribution is -2.22. The summed E-state index contributed by atoms with van der Waals surface area (Å²) in [5.41, 5.74) is 2.32. The van der Waals surface area contributed by atoms with Crippen molar-refractivity contribution in [3.05, 3.63) is 69.2 Å². The lowest BCUT2D eigenvalue weighted by Gasteiger charge is -2.22. The Morgan fingerprint density at radius 3 is 2.75 bits per heavy atom. The highest BCUT2D eigenvalue weighted by Gasteiger charge is 2.28. The van der Waals surface area contributed by atoms with Gasteiger partial charge in [-0.25, -0.2) is 4.98 Å². The molecule has 0 bridgehead atoms. The van der Waals surface area contributed by atoms with Crippen molar-refractivity contribution in [2.75, 3.05) is 6.54 Å². The van der Waals surface area contributed by atoms with E-state index in [0.717, 1.165) is 37.0 Å². The van der Waals surface area contributed by atoms with Crippen molar-refractivity contribution < 1.29 is 4.92 Å². The number of thiazole rings is 1. The van der Waals surface area contributed by atoms with E-state index in [1.165, 1.54) is 9.71 Å². The fourth-order valence-electron chi connectivity index (χ4n) is 3.29. The van der Waals surface area contributed by atoms with Gasteiger partial charge in [-0.2, -0.15) is 0 Å². The number of nitro benzene ring substituents is 1. The molecule has 6 heteroatoms. The first-order valence-corrected chi connectivity index (χ1v) is 8.85. The van der Waals surface area contributed by atoms with Gasteiger partial charge < -0.3 is 0 Å². The average molecular weight is 339 g/mol. The van der Waals surface area contributed by atoms with E-state index in [1.807, 2.05) is 24.3 Å². The Kier molecular flexibility index (Phi) is 4.00. The fraction of sp³-hybridized carbons (Fsp3) is 0.278. The molecule has 2 heterocycles. The van der Waals surface area contributed by atoms with E-state index in [9.17, 15) is 10.1 Å². The summed E-state index contributed by atoms with van der Waals surface area (Å²) in [6, 6.07) is 15.5. The topological polar surface area (TPSA) is 59.3 Å². The predicted molar refractivity (Wildman–Crippen MR) is 95.1 cm³/mol. The first-order valence-electron chi connectivity index (χ1n) is 8.03. The van der Waals surface area contributed by atoms with E-state index in [2.05, 4.69) is 17.0 Å². The molecule has 0 amide bonds. The molecule has 4 rings (SSSR count). The fourth-order valence-corrected chi connectivity index (χ4v) is 4.42. The second-order valence-electron chi connectivity index (χ2n) is 6.07. The smallest absolute Gasteiger partial charge is 0.269 e. The minimum absolute atomic E-state index is 0.142. The lowest BCUT2D eigenvalue weighted by molar-refractivity contribution is -0.384. The van der Waals surface area contributed by atoms with Crippen LogP contribution in [0.15, 0.2) is 48.5 Å². The molecule has 122 valence electrons. The summed E-state index contributed by atoms with van der Waals surface area (Å²) in [5.74, 6) is 0. The molecule has 1 atom stereocenters. The highest BCUT2D eigenvalue weighted by atomic mass is 32.1. The van der Waals surface area contributed by atoms with Crippen molar-refractivity contribution in [2.24, 2.45) is 0 Å². The number of likely N-dealkylation sites (tertiary alicyclic amines) is 1. The quantitative estimate of drug-likeness (QED) is 0.517. The Morgan fingerprint density at radius 2 is 2.00 bits per heavy atom. The van der Waals surface area contributed by atoms with Gasteiger partial charge in [-0.15, -0.1) is 11.3 Å². The van der Waals surface area contributed by atoms with Gasteiger partial charge >= 0.3 is 0 Å². The summed E-state index contributed by atoms with van der Waals surface area (Å²) in [7, 11) is 0. The Labute approximate surface area is 143 Å². The van der Waals surface area contributed by atoms with Crippen LogP contribution in [0.3, 0.4) is 0 Å². The van der Waals surface area contributed by atoms with Crippen molar-refractivity contribution >= 4 is 27.2 Å². The summed E-state index contributed by atoms with van der Waals surface area (Å²) in [6.45, 7) is 1.84. The van der Waals surface area contributed by atoms with Gasteiger partial charge in [-0.1, -0.05) is 24.3 Å². The summed E-state index contributed by atoms with van der Waals surface area (Å²) in [6.07, 6.45) is 2.28. The molecule has 0 aliphatic carbocycles. The van der Waals surface area contributed by atoms with Crippen molar-refractivity contribution in [2.45, 2.75) is 25.4 Å². The van der Waals surface area contributed by atoms with Gasteiger partial charge in [-0.3, -0.25) is 15.0 Å². The van der Waals surface area contributed by atoms with Crippen LogP contribution in [0.1, 0.15) is 29.5 Å². The van der Waals surface area contributed by atoms with Crippen LogP contribution in [0.25, 0.3) is 10.2 Å². The maximum atomic E-state index is 10.8. The number of benzene rings is 2. The second-order valence-corrected chi connectivity index (χ2v) is 7.13. The standard InChI is InChI=1S/C18H17N3O2S/c22-21(23)14-9-7-13(8-10-14)12-20-11-3-5-16(20)18-19-15-4-1-2-6-17(15)24-18/h1-2,4,6-10,16H,3,5,11-12H2/t16-/m1/s1. The molecule has 2 aromatic carbocycles. The Hall–Kier alpha value is -2.31. The number of nitrogens with zero attached hydrogens (tertiary/aromatic N) is 3. The highest BCUT2D eigenvalue weighted by Crippen LogP contribution is 2.37. The number of rotatable bonds is 4. The molecular formula is C18H17N3O2S. The third-order valence-corrected chi connectivity index (χ3v) is 5.63. The predicted octanol–water partition coefficient (Wildman–Crippen LogP) is 4.54. The van der Waals surface area contributed by atoms with Crippen LogP contribution in [0, 0.1) is 10.1 Å². The molecule has 1 aliphatic rings. The number of fused-ring (bicyclic) bond motifs is 1. The third kappa shape index (κ3) is 2.90. The minimum atomic E-state index is -0.358. The first-order chi connectivity index (χ1) is 11.7. The van der Waals surface area contributed by atoms with Crippen molar-refractivity contribution in [1.29, 1.82) is 0 Å².